The molecule has 1 amide bonds. The van der Waals surface area contributed by atoms with Gasteiger partial charge in [-0.2, -0.15) is 0 Å². The summed E-state index contributed by atoms with van der Waals surface area (Å²) in [5.41, 5.74) is 0. The van der Waals surface area contributed by atoms with Crippen LogP contribution in [0.25, 0.3) is 0 Å². The van der Waals surface area contributed by atoms with Gasteiger partial charge in [0.25, 0.3) is 0 Å². The maximum atomic E-state index is 12.7. The van der Waals surface area contributed by atoms with E-state index in [1.807, 2.05) is 0 Å². The Morgan fingerprint density at radius 3 is 2.26 bits per heavy atom. The van der Waals surface area contributed by atoms with Gasteiger partial charge in [0.15, 0.2) is 0 Å². The second kappa shape index (κ2) is 7.28. The van der Waals surface area contributed by atoms with E-state index in [1.54, 1.807) is 0 Å². The van der Waals surface area contributed by atoms with Crippen molar-refractivity contribution in [3.8, 4) is 0 Å². The molecule has 1 heterocycles. The van der Waals surface area contributed by atoms with Crippen LogP contribution < -0.4 is 5.32 Å². The molecule has 1 aliphatic heterocycles. The Hall–Kier alpha value is -0.570. The van der Waals surface area contributed by atoms with Crippen LogP contribution in [0.1, 0.15) is 67.2 Å². The molecule has 5 atom stereocenters. The lowest BCUT2D eigenvalue weighted by molar-refractivity contribution is -0.133. The SMILES string of the molecule is CCCC1NC(C(C)CC)C(=O)N1C(C)C(C)CC. The summed E-state index contributed by atoms with van der Waals surface area (Å²) in [5.74, 6) is 1.29. The number of nitrogens with one attached hydrogen (secondary N) is 1. The lowest BCUT2D eigenvalue weighted by Crippen LogP contribution is -2.46. The van der Waals surface area contributed by atoms with Crippen molar-refractivity contribution in [3.05, 3.63) is 0 Å². The highest BCUT2D eigenvalue weighted by molar-refractivity contribution is 5.85. The van der Waals surface area contributed by atoms with Crippen LogP contribution in [0.15, 0.2) is 0 Å². The summed E-state index contributed by atoms with van der Waals surface area (Å²) in [6.07, 6.45) is 4.58. The van der Waals surface area contributed by atoms with E-state index < -0.39 is 0 Å². The molecular formula is C16H32N2O. The van der Waals surface area contributed by atoms with Crippen LogP contribution in [0.4, 0.5) is 0 Å². The highest BCUT2D eigenvalue weighted by Gasteiger charge is 2.43. The van der Waals surface area contributed by atoms with E-state index in [1.165, 1.54) is 0 Å². The molecule has 0 radical (unpaired) electrons. The Balaban J connectivity index is 2.88. The molecule has 0 aliphatic carbocycles. The normalized spacial score (nSPS) is 28.5. The van der Waals surface area contributed by atoms with Crippen molar-refractivity contribution in [2.45, 2.75) is 85.5 Å². The first kappa shape index (κ1) is 16.5. The number of nitrogens with zero attached hydrogens (tertiary/aromatic N) is 1. The number of carbonyl (C=O) groups excluding carboxylic acids is 1. The quantitative estimate of drug-likeness (QED) is 0.767. The lowest BCUT2D eigenvalue weighted by Gasteiger charge is -2.34. The van der Waals surface area contributed by atoms with Crippen molar-refractivity contribution in [1.82, 2.24) is 10.2 Å². The third-order valence-electron chi connectivity index (χ3n) is 4.91. The molecule has 1 saturated heterocycles. The molecule has 0 aromatic rings. The molecule has 5 unspecified atom stereocenters. The summed E-state index contributed by atoms with van der Waals surface area (Å²) in [5, 5.41) is 3.58. The van der Waals surface area contributed by atoms with E-state index in [9.17, 15) is 4.79 Å². The molecule has 1 rings (SSSR count). The summed E-state index contributed by atoms with van der Waals surface area (Å²) in [7, 11) is 0. The number of amides is 1. The molecule has 1 N–H and O–H groups in total. The van der Waals surface area contributed by atoms with Crippen molar-refractivity contribution in [2.75, 3.05) is 0 Å². The smallest absolute Gasteiger partial charge is 0.241 e. The van der Waals surface area contributed by atoms with Crippen molar-refractivity contribution < 1.29 is 4.79 Å². The van der Waals surface area contributed by atoms with Gasteiger partial charge in [-0.05, 0) is 25.2 Å². The van der Waals surface area contributed by atoms with Crippen molar-refractivity contribution in [2.24, 2.45) is 11.8 Å². The molecule has 0 aromatic carbocycles. The third kappa shape index (κ3) is 3.50. The van der Waals surface area contributed by atoms with E-state index in [4.69, 9.17) is 0 Å². The number of hydrogen-bond acceptors (Lipinski definition) is 2. The number of carbonyl (C=O) groups is 1. The number of hydrogen-bond donors (Lipinski definition) is 1. The van der Waals surface area contributed by atoms with Crippen LogP contribution >= 0.6 is 0 Å². The largest absolute Gasteiger partial charge is 0.323 e. The van der Waals surface area contributed by atoms with Gasteiger partial charge in [-0.25, -0.2) is 0 Å². The van der Waals surface area contributed by atoms with Gasteiger partial charge in [-0.3, -0.25) is 10.1 Å². The van der Waals surface area contributed by atoms with E-state index in [0.717, 1.165) is 25.7 Å². The van der Waals surface area contributed by atoms with Gasteiger partial charge < -0.3 is 4.90 Å². The Kier molecular flexibility index (Phi) is 6.31. The molecule has 0 bridgehead atoms. The van der Waals surface area contributed by atoms with Crippen LogP contribution in [0.5, 0.6) is 0 Å². The Morgan fingerprint density at radius 2 is 1.79 bits per heavy atom. The molecule has 0 saturated carbocycles. The fourth-order valence-electron chi connectivity index (χ4n) is 2.91. The second-order valence-electron chi connectivity index (χ2n) is 6.21. The van der Waals surface area contributed by atoms with Crippen LogP contribution in [-0.2, 0) is 4.79 Å². The Bertz CT molecular complexity index is 292. The minimum atomic E-state index is 0.0213. The van der Waals surface area contributed by atoms with Crippen LogP contribution in [-0.4, -0.2) is 29.1 Å². The van der Waals surface area contributed by atoms with Gasteiger partial charge in [0, 0.05) is 6.04 Å². The predicted octanol–water partition coefficient (Wildman–Crippen LogP) is 3.39. The zero-order valence-electron chi connectivity index (χ0n) is 13.6. The van der Waals surface area contributed by atoms with E-state index in [2.05, 4.69) is 51.8 Å². The van der Waals surface area contributed by atoms with Gasteiger partial charge in [0.2, 0.25) is 5.91 Å². The molecule has 3 heteroatoms. The molecule has 1 fully saturated rings. The molecule has 19 heavy (non-hydrogen) atoms. The summed E-state index contributed by atoms with van der Waals surface area (Å²) >= 11 is 0. The van der Waals surface area contributed by atoms with Gasteiger partial charge in [0.05, 0.1) is 12.2 Å². The van der Waals surface area contributed by atoms with Gasteiger partial charge >= 0.3 is 0 Å². The minimum Gasteiger partial charge on any atom is -0.323 e. The lowest BCUT2D eigenvalue weighted by atomic mass is 9.96. The van der Waals surface area contributed by atoms with Crippen LogP contribution in [0.3, 0.4) is 0 Å². The monoisotopic (exact) mass is 268 g/mol. The van der Waals surface area contributed by atoms with E-state index in [-0.39, 0.29) is 12.2 Å². The van der Waals surface area contributed by atoms with Crippen molar-refractivity contribution >= 4 is 5.91 Å². The van der Waals surface area contributed by atoms with Gasteiger partial charge in [0.1, 0.15) is 0 Å². The maximum absolute atomic E-state index is 12.7. The third-order valence-corrected chi connectivity index (χ3v) is 4.91. The van der Waals surface area contributed by atoms with Crippen molar-refractivity contribution in [1.29, 1.82) is 0 Å². The average molecular weight is 268 g/mol. The Labute approximate surface area is 119 Å². The molecule has 0 spiro atoms. The standard InChI is InChI=1S/C16H32N2O/c1-7-10-14-17-15(12(5)9-3)16(19)18(14)13(6)11(4)8-2/h11-15,17H,7-10H2,1-6H3. The highest BCUT2D eigenvalue weighted by atomic mass is 16.2. The van der Waals surface area contributed by atoms with Gasteiger partial charge in [-0.15, -0.1) is 0 Å². The molecule has 3 nitrogen and oxygen atoms in total. The second-order valence-corrected chi connectivity index (χ2v) is 6.21. The zero-order valence-corrected chi connectivity index (χ0v) is 13.6. The summed E-state index contributed by atoms with van der Waals surface area (Å²) in [4.78, 5) is 14.8. The molecule has 112 valence electrons. The predicted molar refractivity (Wildman–Crippen MR) is 80.8 cm³/mol. The first-order valence-electron chi connectivity index (χ1n) is 8.05. The summed E-state index contributed by atoms with van der Waals surface area (Å²) < 4.78 is 0. The fraction of sp³-hybridized carbons (Fsp3) is 0.938. The first-order valence-corrected chi connectivity index (χ1v) is 8.05. The Morgan fingerprint density at radius 1 is 1.16 bits per heavy atom. The van der Waals surface area contributed by atoms with Gasteiger partial charge in [-0.1, -0.05) is 53.9 Å². The first-order chi connectivity index (χ1) is 8.97. The summed E-state index contributed by atoms with van der Waals surface area (Å²) in [6.45, 7) is 13.2. The van der Waals surface area contributed by atoms with E-state index >= 15 is 0 Å². The molecule has 0 aromatic heterocycles. The van der Waals surface area contributed by atoms with E-state index in [0.29, 0.717) is 23.8 Å². The summed E-state index contributed by atoms with van der Waals surface area (Å²) in [6, 6.07) is 0.351. The minimum absolute atomic E-state index is 0.0213. The molecular weight excluding hydrogens is 236 g/mol. The maximum Gasteiger partial charge on any atom is 0.241 e. The average Bonchev–Trinajstić information content (AvgIpc) is 2.73. The number of rotatable bonds is 7. The van der Waals surface area contributed by atoms with Crippen molar-refractivity contribution in [3.63, 3.8) is 0 Å². The van der Waals surface area contributed by atoms with Crippen LogP contribution in [0.2, 0.25) is 0 Å². The topological polar surface area (TPSA) is 32.3 Å². The molecule has 1 aliphatic rings. The van der Waals surface area contributed by atoms with Crippen LogP contribution in [0, 0.1) is 11.8 Å². The zero-order chi connectivity index (χ0) is 14.6. The highest BCUT2D eigenvalue weighted by Crippen LogP contribution is 2.27. The fourth-order valence-corrected chi connectivity index (χ4v) is 2.91.